The molecular weight excluding hydrogens is 238 g/mol. The molecule has 0 aliphatic rings. The van der Waals surface area contributed by atoms with Gasteiger partial charge in [-0.05, 0) is 43.0 Å². The summed E-state index contributed by atoms with van der Waals surface area (Å²) in [5, 5.41) is 9.19. The lowest BCUT2D eigenvalue weighted by Crippen LogP contribution is -2.11. The molecule has 0 aliphatic heterocycles. The van der Waals surface area contributed by atoms with Gasteiger partial charge in [-0.25, -0.2) is 0 Å². The number of phenolic OH excluding ortho intramolecular Hbond substituents is 1. The summed E-state index contributed by atoms with van der Waals surface area (Å²) < 4.78 is 0. The van der Waals surface area contributed by atoms with Crippen LogP contribution in [-0.4, -0.2) is 17.4 Å². The maximum atomic E-state index is 11.9. The van der Waals surface area contributed by atoms with Crippen molar-refractivity contribution < 1.29 is 9.90 Å². The van der Waals surface area contributed by atoms with Crippen LogP contribution in [0.25, 0.3) is 0 Å². The molecule has 0 amide bonds. The number of carbonyl (C=O) groups excluding carboxylic acids is 1. The summed E-state index contributed by atoms with van der Waals surface area (Å²) in [4.78, 5) is 11.9. The van der Waals surface area contributed by atoms with E-state index in [-0.39, 0.29) is 11.5 Å². The molecule has 0 aliphatic carbocycles. The zero-order valence-corrected chi connectivity index (χ0v) is 11.8. The van der Waals surface area contributed by atoms with Crippen molar-refractivity contribution in [3.8, 4) is 5.75 Å². The maximum Gasteiger partial charge on any atom is 0.137 e. The van der Waals surface area contributed by atoms with Crippen LogP contribution in [0.5, 0.6) is 5.75 Å². The van der Waals surface area contributed by atoms with Gasteiger partial charge in [0.05, 0.1) is 0 Å². The van der Waals surface area contributed by atoms with E-state index >= 15 is 0 Å². The summed E-state index contributed by atoms with van der Waals surface area (Å²) in [6, 6.07) is 6.85. The number of phenols is 1. The fraction of sp³-hybridized carbons (Fsp3) is 0.562. The highest BCUT2D eigenvalue weighted by atomic mass is 16.3. The second kappa shape index (κ2) is 8.70. The molecule has 0 saturated carbocycles. The topological polar surface area (TPSA) is 63.3 Å². The zero-order valence-electron chi connectivity index (χ0n) is 11.8. The van der Waals surface area contributed by atoms with Crippen LogP contribution in [0.15, 0.2) is 24.3 Å². The first-order valence-electron chi connectivity index (χ1n) is 7.15. The molecule has 0 bridgehead atoms. The summed E-state index contributed by atoms with van der Waals surface area (Å²) >= 11 is 0. The van der Waals surface area contributed by atoms with Gasteiger partial charge < -0.3 is 10.8 Å². The van der Waals surface area contributed by atoms with Gasteiger partial charge in [-0.3, -0.25) is 4.79 Å². The Hall–Kier alpha value is -1.35. The lowest BCUT2D eigenvalue weighted by atomic mass is 9.92. The van der Waals surface area contributed by atoms with Crippen LogP contribution >= 0.6 is 0 Å². The van der Waals surface area contributed by atoms with Crippen LogP contribution in [-0.2, 0) is 11.2 Å². The van der Waals surface area contributed by atoms with Gasteiger partial charge in [0.25, 0.3) is 0 Å². The first-order valence-corrected chi connectivity index (χ1v) is 7.15. The molecule has 1 aromatic rings. The lowest BCUT2D eigenvalue weighted by molar-refractivity contribution is -0.118. The number of Topliss-reactive ketones (excluding diaryl/α,β-unsaturated/α-hetero) is 1. The molecule has 0 spiro atoms. The highest BCUT2D eigenvalue weighted by molar-refractivity contribution is 5.80. The van der Waals surface area contributed by atoms with E-state index in [2.05, 4.69) is 6.92 Å². The number of ketones is 1. The molecule has 106 valence electrons. The molecule has 3 nitrogen and oxygen atoms in total. The Morgan fingerprint density at radius 1 is 1.21 bits per heavy atom. The number of rotatable bonds is 9. The van der Waals surface area contributed by atoms with Crippen molar-refractivity contribution >= 4 is 5.78 Å². The summed E-state index contributed by atoms with van der Waals surface area (Å²) in [5.41, 5.74) is 6.56. The van der Waals surface area contributed by atoms with Crippen LogP contribution in [0, 0.1) is 5.92 Å². The van der Waals surface area contributed by atoms with Crippen LogP contribution in [0.4, 0.5) is 0 Å². The van der Waals surface area contributed by atoms with Gasteiger partial charge in [-0.1, -0.05) is 31.9 Å². The Kier molecular flexibility index (Phi) is 7.19. The predicted octanol–water partition coefficient (Wildman–Crippen LogP) is 3.05. The minimum atomic E-state index is 0.238. The fourth-order valence-corrected chi connectivity index (χ4v) is 2.37. The largest absolute Gasteiger partial charge is 0.508 e. The van der Waals surface area contributed by atoms with Crippen molar-refractivity contribution in [2.75, 3.05) is 6.54 Å². The van der Waals surface area contributed by atoms with Gasteiger partial charge in [0.15, 0.2) is 0 Å². The molecule has 0 aromatic heterocycles. The summed E-state index contributed by atoms with van der Waals surface area (Å²) in [6.45, 7) is 2.87. The van der Waals surface area contributed by atoms with E-state index in [0.717, 1.165) is 31.2 Å². The number of nitrogens with two attached hydrogens (primary N) is 1. The summed E-state index contributed by atoms with van der Waals surface area (Å²) in [7, 11) is 0. The van der Waals surface area contributed by atoms with Crippen molar-refractivity contribution in [2.24, 2.45) is 11.7 Å². The quantitative estimate of drug-likeness (QED) is 0.719. The Labute approximate surface area is 115 Å². The molecule has 3 N–H and O–H groups in total. The first kappa shape index (κ1) is 15.7. The summed E-state index contributed by atoms with van der Waals surface area (Å²) in [6.07, 6.45) is 5.36. The zero-order chi connectivity index (χ0) is 14.1. The Balaban J connectivity index is 2.35. The Morgan fingerprint density at radius 3 is 2.47 bits per heavy atom. The van der Waals surface area contributed by atoms with Gasteiger partial charge in [-0.2, -0.15) is 0 Å². The molecule has 1 atom stereocenters. The maximum absolute atomic E-state index is 11.9. The molecule has 0 radical (unpaired) electrons. The second-order valence-electron chi connectivity index (χ2n) is 5.15. The normalized spacial score (nSPS) is 12.3. The van der Waals surface area contributed by atoms with E-state index < -0.39 is 0 Å². The summed E-state index contributed by atoms with van der Waals surface area (Å²) in [5.74, 6) is 1.09. The third kappa shape index (κ3) is 6.39. The van der Waals surface area contributed by atoms with E-state index in [0.29, 0.717) is 25.3 Å². The van der Waals surface area contributed by atoms with Gasteiger partial charge in [0.2, 0.25) is 0 Å². The highest BCUT2D eigenvalue weighted by Gasteiger charge is 2.10. The van der Waals surface area contributed by atoms with E-state index in [4.69, 9.17) is 5.73 Å². The van der Waals surface area contributed by atoms with Crippen molar-refractivity contribution in [2.45, 2.75) is 45.4 Å². The van der Waals surface area contributed by atoms with Gasteiger partial charge in [-0.15, -0.1) is 0 Å². The average Bonchev–Trinajstić information content (AvgIpc) is 2.39. The van der Waals surface area contributed by atoms with Crippen LogP contribution in [0.2, 0.25) is 0 Å². The van der Waals surface area contributed by atoms with Crippen LogP contribution < -0.4 is 5.73 Å². The van der Waals surface area contributed by atoms with Crippen molar-refractivity contribution in [1.82, 2.24) is 0 Å². The molecular formula is C16H25NO2. The average molecular weight is 263 g/mol. The highest BCUT2D eigenvalue weighted by Crippen LogP contribution is 2.18. The monoisotopic (exact) mass is 263 g/mol. The molecule has 0 saturated heterocycles. The van der Waals surface area contributed by atoms with Crippen molar-refractivity contribution in [3.63, 3.8) is 0 Å². The number of carbonyl (C=O) groups is 1. The van der Waals surface area contributed by atoms with Crippen molar-refractivity contribution in [1.29, 1.82) is 0 Å². The van der Waals surface area contributed by atoms with Gasteiger partial charge in [0.1, 0.15) is 11.5 Å². The molecule has 1 unspecified atom stereocenters. The number of hydrogen-bond donors (Lipinski definition) is 2. The molecule has 1 aromatic carbocycles. The lowest BCUT2D eigenvalue weighted by Gasteiger charge is -2.14. The van der Waals surface area contributed by atoms with E-state index in [1.165, 1.54) is 0 Å². The van der Waals surface area contributed by atoms with Gasteiger partial charge in [0, 0.05) is 12.8 Å². The van der Waals surface area contributed by atoms with E-state index in [9.17, 15) is 9.90 Å². The molecule has 0 fully saturated rings. The SMILES string of the molecule is CCCC(CCN)CCC(=O)Cc1ccc(O)cc1. The Morgan fingerprint density at radius 2 is 1.89 bits per heavy atom. The minimum absolute atomic E-state index is 0.238. The number of aromatic hydroxyl groups is 1. The third-order valence-corrected chi connectivity index (χ3v) is 3.44. The standard InChI is InChI=1S/C16H25NO2/c1-2-3-13(10-11-17)4-9-16(19)12-14-5-7-15(18)8-6-14/h5-8,13,18H,2-4,9-12,17H2,1H3. The predicted molar refractivity (Wildman–Crippen MR) is 78.1 cm³/mol. The molecule has 1 rings (SSSR count). The smallest absolute Gasteiger partial charge is 0.137 e. The number of hydrogen-bond acceptors (Lipinski definition) is 3. The second-order valence-corrected chi connectivity index (χ2v) is 5.15. The van der Waals surface area contributed by atoms with Crippen LogP contribution in [0.3, 0.4) is 0 Å². The minimum Gasteiger partial charge on any atom is -0.508 e. The fourth-order valence-electron chi connectivity index (χ4n) is 2.37. The molecule has 19 heavy (non-hydrogen) atoms. The van der Waals surface area contributed by atoms with E-state index in [1.54, 1.807) is 24.3 Å². The first-order chi connectivity index (χ1) is 9.15. The molecule has 0 heterocycles. The van der Waals surface area contributed by atoms with Crippen LogP contribution in [0.1, 0.15) is 44.6 Å². The Bertz CT molecular complexity index is 367. The third-order valence-electron chi connectivity index (χ3n) is 3.44. The number of benzene rings is 1. The van der Waals surface area contributed by atoms with Crippen molar-refractivity contribution in [3.05, 3.63) is 29.8 Å². The van der Waals surface area contributed by atoms with Gasteiger partial charge >= 0.3 is 0 Å². The van der Waals surface area contributed by atoms with E-state index in [1.807, 2.05) is 0 Å². The molecule has 3 heteroatoms.